The molecule has 1 aromatic heterocycles. The smallest absolute Gasteiger partial charge is 0.270 e. The summed E-state index contributed by atoms with van der Waals surface area (Å²) in [5.41, 5.74) is 1.60. The van der Waals surface area contributed by atoms with Crippen molar-refractivity contribution in [2.45, 2.75) is 12.8 Å². The van der Waals surface area contributed by atoms with Gasteiger partial charge in [0.2, 0.25) is 0 Å². The highest BCUT2D eigenvalue weighted by molar-refractivity contribution is 6.07. The standard InChI is InChI=1S/C23H21N3O6/c27-22(15-1-4-20-21(11-15)32-10-9-31-20)14-5-7-25(8-6-14)23(28)18-13-24-19-3-2-16(26(29)30)12-17(18)19/h1-4,11-14,24H,5-10H2. The maximum Gasteiger partial charge on any atom is 0.270 e. The second kappa shape index (κ2) is 7.99. The molecular formula is C23H21N3O6. The Bertz CT molecular complexity index is 1230. The zero-order chi connectivity index (χ0) is 22.2. The first kappa shape index (κ1) is 20.0. The molecule has 9 nitrogen and oxygen atoms in total. The summed E-state index contributed by atoms with van der Waals surface area (Å²) in [5.74, 6) is 0.903. The molecule has 3 heterocycles. The molecule has 2 aliphatic rings. The van der Waals surface area contributed by atoms with E-state index in [2.05, 4.69) is 4.98 Å². The van der Waals surface area contributed by atoms with Crippen LogP contribution in [-0.4, -0.2) is 52.8 Å². The van der Waals surface area contributed by atoms with Crippen molar-refractivity contribution in [2.75, 3.05) is 26.3 Å². The fourth-order valence-electron chi connectivity index (χ4n) is 4.35. The summed E-state index contributed by atoms with van der Waals surface area (Å²) in [4.78, 5) is 41.4. The Labute approximate surface area is 183 Å². The summed E-state index contributed by atoms with van der Waals surface area (Å²) in [6.07, 6.45) is 2.70. The fraction of sp³-hybridized carbons (Fsp3) is 0.304. The lowest BCUT2D eigenvalue weighted by Crippen LogP contribution is -2.40. The number of hydrogen-bond acceptors (Lipinski definition) is 6. The molecule has 1 fully saturated rings. The molecule has 2 aromatic carbocycles. The second-order valence-electron chi connectivity index (χ2n) is 7.98. The topological polar surface area (TPSA) is 115 Å². The Kier molecular flexibility index (Phi) is 5.01. The molecule has 0 spiro atoms. The Morgan fingerprint density at radius 3 is 2.53 bits per heavy atom. The van der Waals surface area contributed by atoms with Gasteiger partial charge in [0.15, 0.2) is 17.3 Å². The lowest BCUT2D eigenvalue weighted by Gasteiger charge is -2.31. The molecule has 0 atom stereocenters. The highest BCUT2D eigenvalue weighted by Gasteiger charge is 2.30. The van der Waals surface area contributed by atoms with E-state index in [1.54, 1.807) is 35.4 Å². The number of aromatic amines is 1. The second-order valence-corrected chi connectivity index (χ2v) is 7.98. The van der Waals surface area contributed by atoms with Crippen molar-refractivity contribution >= 4 is 28.3 Å². The third-order valence-electron chi connectivity index (χ3n) is 6.09. The number of nitrogens with one attached hydrogen (secondary N) is 1. The lowest BCUT2D eigenvalue weighted by molar-refractivity contribution is -0.384. The summed E-state index contributed by atoms with van der Waals surface area (Å²) in [6.45, 7) is 1.85. The number of piperidine rings is 1. The highest BCUT2D eigenvalue weighted by Crippen LogP contribution is 2.33. The van der Waals surface area contributed by atoms with Crippen LogP contribution in [-0.2, 0) is 0 Å². The number of fused-ring (bicyclic) bond motifs is 2. The number of amides is 1. The molecule has 0 saturated carbocycles. The number of nitro groups is 1. The Balaban J connectivity index is 1.28. The van der Waals surface area contributed by atoms with E-state index in [1.807, 2.05) is 0 Å². The van der Waals surface area contributed by atoms with E-state index in [0.29, 0.717) is 72.7 Å². The summed E-state index contributed by atoms with van der Waals surface area (Å²) in [6, 6.07) is 9.66. The van der Waals surface area contributed by atoms with E-state index in [4.69, 9.17) is 9.47 Å². The van der Waals surface area contributed by atoms with Crippen LogP contribution in [0.25, 0.3) is 10.9 Å². The lowest BCUT2D eigenvalue weighted by atomic mass is 9.88. The van der Waals surface area contributed by atoms with Gasteiger partial charge in [-0.3, -0.25) is 19.7 Å². The van der Waals surface area contributed by atoms with Crippen LogP contribution in [0.2, 0.25) is 0 Å². The molecule has 5 rings (SSSR count). The van der Waals surface area contributed by atoms with E-state index in [9.17, 15) is 19.7 Å². The number of nitrogens with zero attached hydrogens (tertiary/aromatic N) is 2. The molecule has 1 saturated heterocycles. The molecule has 1 amide bonds. The fourth-order valence-corrected chi connectivity index (χ4v) is 4.35. The van der Waals surface area contributed by atoms with Gasteiger partial charge in [0.1, 0.15) is 13.2 Å². The molecule has 3 aromatic rings. The molecule has 2 aliphatic heterocycles. The van der Waals surface area contributed by atoms with Gasteiger partial charge >= 0.3 is 0 Å². The number of rotatable bonds is 4. The van der Waals surface area contributed by atoms with E-state index in [1.165, 1.54) is 12.1 Å². The number of likely N-dealkylation sites (tertiary alicyclic amines) is 1. The molecule has 32 heavy (non-hydrogen) atoms. The number of nitro benzene ring substituents is 1. The minimum atomic E-state index is -0.477. The number of ketones is 1. The normalized spacial score (nSPS) is 16.2. The van der Waals surface area contributed by atoms with Gasteiger partial charge in [-0.15, -0.1) is 0 Å². The van der Waals surface area contributed by atoms with Crippen LogP contribution in [0.5, 0.6) is 11.5 Å². The van der Waals surface area contributed by atoms with Crippen molar-refractivity contribution in [1.82, 2.24) is 9.88 Å². The van der Waals surface area contributed by atoms with Crippen LogP contribution in [0.15, 0.2) is 42.6 Å². The number of non-ortho nitro benzene ring substituents is 1. The minimum absolute atomic E-state index is 0.0387. The molecular weight excluding hydrogens is 414 g/mol. The predicted octanol–water partition coefficient (Wildman–Crippen LogP) is 3.58. The van der Waals surface area contributed by atoms with Gasteiger partial charge in [0.25, 0.3) is 11.6 Å². The minimum Gasteiger partial charge on any atom is -0.486 e. The van der Waals surface area contributed by atoms with Crippen molar-refractivity contribution in [3.63, 3.8) is 0 Å². The highest BCUT2D eigenvalue weighted by atomic mass is 16.6. The van der Waals surface area contributed by atoms with E-state index >= 15 is 0 Å². The summed E-state index contributed by atoms with van der Waals surface area (Å²) < 4.78 is 11.1. The summed E-state index contributed by atoms with van der Waals surface area (Å²) in [7, 11) is 0. The van der Waals surface area contributed by atoms with Gasteiger partial charge in [-0.25, -0.2) is 0 Å². The first-order valence-corrected chi connectivity index (χ1v) is 10.5. The van der Waals surface area contributed by atoms with Crippen LogP contribution in [0.1, 0.15) is 33.6 Å². The van der Waals surface area contributed by atoms with Gasteiger partial charge in [-0.2, -0.15) is 0 Å². The predicted molar refractivity (Wildman–Crippen MR) is 115 cm³/mol. The average Bonchev–Trinajstić information content (AvgIpc) is 3.26. The molecule has 164 valence electrons. The third-order valence-corrected chi connectivity index (χ3v) is 6.09. The maximum atomic E-state index is 13.1. The first-order valence-electron chi connectivity index (χ1n) is 10.5. The zero-order valence-corrected chi connectivity index (χ0v) is 17.2. The van der Waals surface area contributed by atoms with Gasteiger partial charge in [0.05, 0.1) is 10.5 Å². The number of aromatic nitrogens is 1. The molecule has 0 unspecified atom stereocenters. The number of Topliss-reactive ketones (excluding diaryl/α,β-unsaturated/α-hetero) is 1. The summed E-state index contributed by atoms with van der Waals surface area (Å²) >= 11 is 0. The van der Waals surface area contributed by atoms with E-state index < -0.39 is 4.92 Å². The summed E-state index contributed by atoms with van der Waals surface area (Å²) in [5, 5.41) is 11.6. The number of benzene rings is 2. The number of H-pyrrole nitrogens is 1. The SMILES string of the molecule is O=C(c1ccc2c(c1)OCCO2)C1CCN(C(=O)c2c[nH]c3ccc([N+](=O)[O-])cc23)CC1. The van der Waals surface area contributed by atoms with Crippen molar-refractivity contribution in [2.24, 2.45) is 5.92 Å². The monoisotopic (exact) mass is 435 g/mol. The molecule has 9 heteroatoms. The molecule has 0 bridgehead atoms. The van der Waals surface area contributed by atoms with Gasteiger partial charge in [0, 0.05) is 53.8 Å². The molecule has 1 N–H and O–H groups in total. The van der Waals surface area contributed by atoms with Crippen molar-refractivity contribution in [3.8, 4) is 11.5 Å². The first-order chi connectivity index (χ1) is 15.5. The van der Waals surface area contributed by atoms with Crippen LogP contribution in [0, 0.1) is 16.0 Å². The van der Waals surface area contributed by atoms with Gasteiger partial charge < -0.3 is 19.4 Å². The Hall–Kier alpha value is -3.88. The Morgan fingerprint density at radius 2 is 1.78 bits per heavy atom. The average molecular weight is 435 g/mol. The van der Waals surface area contributed by atoms with Gasteiger partial charge in [-0.05, 0) is 37.1 Å². The quantitative estimate of drug-likeness (QED) is 0.381. The van der Waals surface area contributed by atoms with Crippen LogP contribution < -0.4 is 9.47 Å². The number of carbonyl (C=O) groups is 2. The van der Waals surface area contributed by atoms with Crippen LogP contribution in [0.4, 0.5) is 5.69 Å². The van der Waals surface area contributed by atoms with Crippen molar-refractivity contribution < 1.29 is 24.0 Å². The van der Waals surface area contributed by atoms with E-state index in [0.717, 1.165) is 0 Å². The van der Waals surface area contributed by atoms with Gasteiger partial charge in [-0.1, -0.05) is 0 Å². The third kappa shape index (κ3) is 3.55. The Morgan fingerprint density at radius 1 is 1.03 bits per heavy atom. The molecule has 0 aliphatic carbocycles. The number of ether oxygens (including phenoxy) is 2. The molecule has 0 radical (unpaired) electrons. The van der Waals surface area contributed by atoms with Crippen LogP contribution >= 0.6 is 0 Å². The number of carbonyl (C=O) groups excluding carboxylic acids is 2. The zero-order valence-electron chi connectivity index (χ0n) is 17.2. The largest absolute Gasteiger partial charge is 0.486 e. The van der Waals surface area contributed by atoms with Crippen LogP contribution in [0.3, 0.4) is 0 Å². The number of hydrogen-bond donors (Lipinski definition) is 1. The van der Waals surface area contributed by atoms with Crippen molar-refractivity contribution in [3.05, 3.63) is 63.8 Å². The van der Waals surface area contributed by atoms with Crippen molar-refractivity contribution in [1.29, 1.82) is 0 Å². The van der Waals surface area contributed by atoms with E-state index in [-0.39, 0.29) is 23.3 Å². The maximum absolute atomic E-state index is 13.1.